The van der Waals surface area contributed by atoms with Crippen molar-refractivity contribution in [3.63, 3.8) is 0 Å². The summed E-state index contributed by atoms with van der Waals surface area (Å²) >= 11 is 1.48. The summed E-state index contributed by atoms with van der Waals surface area (Å²) in [6.45, 7) is 2.59. The summed E-state index contributed by atoms with van der Waals surface area (Å²) in [5.74, 6) is -0.452. The fourth-order valence-electron chi connectivity index (χ4n) is 2.83. The van der Waals surface area contributed by atoms with E-state index in [1.807, 2.05) is 6.92 Å². The second kappa shape index (κ2) is 6.73. The number of benzene rings is 1. The van der Waals surface area contributed by atoms with Gasteiger partial charge in [-0.2, -0.15) is 4.31 Å². The zero-order valence-electron chi connectivity index (χ0n) is 13.4. The molecule has 1 unspecified atom stereocenters. The molecule has 9 heteroatoms. The fourth-order valence-corrected chi connectivity index (χ4v) is 5.35. The molecule has 0 saturated carbocycles. The Morgan fingerprint density at radius 1 is 1.38 bits per heavy atom. The first-order chi connectivity index (χ1) is 11.4. The van der Waals surface area contributed by atoms with Crippen molar-refractivity contribution < 1.29 is 17.5 Å². The Bertz CT molecular complexity index is 838. The number of hydrogen-bond donors (Lipinski definition) is 0. The van der Waals surface area contributed by atoms with Gasteiger partial charge in [-0.25, -0.2) is 12.8 Å². The monoisotopic (exact) mass is 371 g/mol. The van der Waals surface area contributed by atoms with Crippen LogP contribution in [0, 0.1) is 12.7 Å². The van der Waals surface area contributed by atoms with Crippen LogP contribution in [-0.2, 0) is 10.0 Å². The number of rotatable bonds is 4. The van der Waals surface area contributed by atoms with Crippen LogP contribution in [0.1, 0.15) is 28.8 Å². The highest BCUT2D eigenvalue weighted by atomic mass is 32.2. The van der Waals surface area contributed by atoms with Gasteiger partial charge >= 0.3 is 0 Å². The highest BCUT2D eigenvalue weighted by molar-refractivity contribution is 7.89. The molecule has 3 rings (SSSR count). The van der Waals surface area contributed by atoms with Crippen LogP contribution >= 0.6 is 11.3 Å². The second-order valence-corrected chi connectivity index (χ2v) is 8.78. The lowest BCUT2D eigenvalue weighted by Crippen LogP contribution is -2.39. The number of aryl methyl sites for hydroxylation is 1. The molecule has 1 fully saturated rings. The van der Waals surface area contributed by atoms with Crippen molar-refractivity contribution in [3.8, 4) is 5.75 Å². The molecule has 1 saturated heterocycles. The molecule has 1 aliphatic rings. The normalized spacial score (nSPS) is 19.4. The van der Waals surface area contributed by atoms with E-state index in [0.717, 1.165) is 28.9 Å². The molecule has 1 atom stereocenters. The molecule has 1 aromatic carbocycles. The van der Waals surface area contributed by atoms with Gasteiger partial charge in [0.25, 0.3) is 0 Å². The number of aromatic nitrogens is 2. The minimum Gasteiger partial charge on any atom is -0.495 e. The highest BCUT2D eigenvalue weighted by Crippen LogP contribution is 2.34. The van der Waals surface area contributed by atoms with Crippen LogP contribution in [0.3, 0.4) is 0 Å². The predicted octanol–water partition coefficient (Wildman–Crippen LogP) is 2.56. The lowest BCUT2D eigenvalue weighted by Gasteiger charge is -2.31. The molecular formula is C15H18FN3O3S2. The average Bonchev–Trinajstić information content (AvgIpc) is 3.01. The number of hydrogen-bond acceptors (Lipinski definition) is 6. The van der Waals surface area contributed by atoms with Crippen LogP contribution in [0.2, 0.25) is 0 Å². The van der Waals surface area contributed by atoms with E-state index in [9.17, 15) is 12.8 Å². The van der Waals surface area contributed by atoms with Crippen molar-refractivity contribution in [1.29, 1.82) is 0 Å². The summed E-state index contributed by atoms with van der Waals surface area (Å²) in [5, 5.41) is 9.85. The van der Waals surface area contributed by atoms with E-state index in [0.29, 0.717) is 13.1 Å². The molecular weight excluding hydrogens is 353 g/mol. The highest BCUT2D eigenvalue weighted by Gasteiger charge is 2.34. The van der Waals surface area contributed by atoms with E-state index in [-0.39, 0.29) is 16.6 Å². The first kappa shape index (κ1) is 17.2. The van der Waals surface area contributed by atoms with E-state index in [1.54, 1.807) is 0 Å². The maximum Gasteiger partial charge on any atom is 0.246 e. The molecule has 2 heterocycles. The van der Waals surface area contributed by atoms with Crippen LogP contribution in [0.25, 0.3) is 0 Å². The maximum atomic E-state index is 13.6. The minimum atomic E-state index is -3.84. The van der Waals surface area contributed by atoms with Gasteiger partial charge in [0.1, 0.15) is 26.5 Å². The Morgan fingerprint density at radius 2 is 2.17 bits per heavy atom. The topological polar surface area (TPSA) is 72.4 Å². The van der Waals surface area contributed by atoms with Crippen molar-refractivity contribution >= 4 is 21.4 Å². The van der Waals surface area contributed by atoms with Crippen LogP contribution in [0.15, 0.2) is 23.1 Å². The third kappa shape index (κ3) is 3.28. The fraction of sp³-hybridized carbons (Fsp3) is 0.467. The zero-order chi connectivity index (χ0) is 17.3. The zero-order valence-corrected chi connectivity index (χ0v) is 15.0. The number of piperidine rings is 1. The quantitative estimate of drug-likeness (QED) is 0.826. The van der Waals surface area contributed by atoms with E-state index >= 15 is 0 Å². The van der Waals surface area contributed by atoms with Crippen molar-refractivity contribution in [2.75, 3.05) is 20.2 Å². The number of halogens is 1. The maximum absolute atomic E-state index is 13.6. The Kier molecular flexibility index (Phi) is 4.84. The molecule has 0 N–H and O–H groups in total. The largest absolute Gasteiger partial charge is 0.495 e. The lowest BCUT2D eigenvalue weighted by molar-refractivity contribution is 0.312. The van der Waals surface area contributed by atoms with Crippen molar-refractivity contribution in [2.24, 2.45) is 0 Å². The van der Waals surface area contributed by atoms with Crippen LogP contribution < -0.4 is 4.74 Å². The van der Waals surface area contributed by atoms with Gasteiger partial charge in [-0.1, -0.05) is 0 Å². The van der Waals surface area contributed by atoms with E-state index < -0.39 is 15.8 Å². The first-order valence-corrected chi connectivity index (χ1v) is 9.81. The number of sulfonamides is 1. The lowest BCUT2D eigenvalue weighted by atomic mass is 10.0. The summed E-state index contributed by atoms with van der Waals surface area (Å²) in [4.78, 5) is -0.140. The van der Waals surface area contributed by atoms with Crippen molar-refractivity contribution in [2.45, 2.75) is 30.6 Å². The first-order valence-electron chi connectivity index (χ1n) is 7.55. The van der Waals surface area contributed by atoms with E-state index in [1.165, 1.54) is 34.9 Å². The Morgan fingerprint density at radius 3 is 2.83 bits per heavy atom. The molecule has 0 radical (unpaired) electrons. The molecule has 0 spiro atoms. The van der Waals surface area contributed by atoms with Crippen LogP contribution in [0.5, 0.6) is 5.75 Å². The van der Waals surface area contributed by atoms with Gasteiger partial charge in [-0.15, -0.1) is 21.5 Å². The van der Waals surface area contributed by atoms with Crippen LogP contribution in [0.4, 0.5) is 4.39 Å². The Labute approximate surface area is 144 Å². The predicted molar refractivity (Wildman–Crippen MR) is 88.3 cm³/mol. The molecule has 24 heavy (non-hydrogen) atoms. The molecule has 1 aromatic heterocycles. The van der Waals surface area contributed by atoms with Gasteiger partial charge in [0.2, 0.25) is 10.0 Å². The van der Waals surface area contributed by atoms with Crippen molar-refractivity contribution in [1.82, 2.24) is 14.5 Å². The van der Waals surface area contributed by atoms with Crippen molar-refractivity contribution in [3.05, 3.63) is 34.0 Å². The molecule has 130 valence electrons. The second-order valence-electron chi connectivity index (χ2n) is 5.66. The van der Waals surface area contributed by atoms with Gasteiger partial charge in [0, 0.05) is 19.0 Å². The summed E-state index contributed by atoms with van der Waals surface area (Å²) < 4.78 is 45.9. The molecule has 0 bridgehead atoms. The van der Waals surface area contributed by atoms with Gasteiger partial charge < -0.3 is 4.74 Å². The van der Waals surface area contributed by atoms with Gasteiger partial charge in [0.15, 0.2) is 0 Å². The summed E-state index contributed by atoms with van der Waals surface area (Å²) in [5.41, 5.74) is 0. The molecule has 0 amide bonds. The summed E-state index contributed by atoms with van der Waals surface area (Å²) in [6.07, 6.45) is 1.58. The van der Waals surface area contributed by atoms with Gasteiger partial charge in [0.05, 0.1) is 7.11 Å². The van der Waals surface area contributed by atoms with Gasteiger partial charge in [-0.05, 0) is 38.0 Å². The third-order valence-corrected chi connectivity index (χ3v) is 6.91. The van der Waals surface area contributed by atoms with Gasteiger partial charge in [-0.3, -0.25) is 0 Å². The molecule has 0 aliphatic carbocycles. The molecule has 1 aliphatic heterocycles. The average molecular weight is 371 g/mol. The summed E-state index contributed by atoms with van der Waals surface area (Å²) in [7, 11) is -2.47. The Hall–Kier alpha value is -1.58. The third-order valence-electron chi connectivity index (χ3n) is 4.02. The number of ether oxygens (including phenoxy) is 1. The Balaban J connectivity index is 1.91. The molecule has 2 aromatic rings. The van der Waals surface area contributed by atoms with E-state index in [4.69, 9.17) is 4.74 Å². The molecule has 6 nitrogen and oxygen atoms in total. The number of methoxy groups -OCH3 is 1. The SMILES string of the molecule is COc1ccc(F)cc1S(=O)(=O)N1CCCC(c2nnc(C)s2)C1. The van der Waals surface area contributed by atoms with Crippen LogP contribution in [-0.4, -0.2) is 43.1 Å². The smallest absolute Gasteiger partial charge is 0.246 e. The standard InChI is InChI=1S/C15H18FN3O3S2/c1-10-17-18-15(23-10)11-4-3-7-19(9-11)24(20,21)14-8-12(16)5-6-13(14)22-2/h5-6,8,11H,3-4,7,9H2,1-2H3. The summed E-state index contributed by atoms with van der Waals surface area (Å²) in [6, 6.07) is 3.52. The minimum absolute atomic E-state index is 0.0132. The van der Waals surface area contributed by atoms with E-state index in [2.05, 4.69) is 10.2 Å². The number of nitrogens with zero attached hydrogens (tertiary/aromatic N) is 3.